The first-order valence-corrected chi connectivity index (χ1v) is 8.75. The van der Waals surface area contributed by atoms with Crippen molar-refractivity contribution in [2.45, 2.75) is 6.92 Å². The van der Waals surface area contributed by atoms with Crippen LogP contribution in [0.1, 0.15) is 16.1 Å². The number of aryl methyl sites for hydroxylation is 1. The molecule has 0 amide bonds. The number of carbonyl (C=O) groups is 1. The number of para-hydroxylation sites is 2. The number of hydrogen-bond donors (Lipinski definition) is 1. The lowest BCUT2D eigenvalue weighted by atomic mass is 10.0. The minimum atomic E-state index is -0.431. The summed E-state index contributed by atoms with van der Waals surface area (Å²) in [6.07, 6.45) is 0. The fourth-order valence-electron chi connectivity index (χ4n) is 3.01. The molecule has 0 saturated carbocycles. The van der Waals surface area contributed by atoms with Gasteiger partial charge in [0.2, 0.25) is 0 Å². The van der Waals surface area contributed by atoms with Gasteiger partial charge in [0.15, 0.2) is 0 Å². The number of benzene rings is 2. The van der Waals surface area contributed by atoms with E-state index in [1.807, 2.05) is 48.5 Å². The quantitative estimate of drug-likeness (QED) is 0.508. The van der Waals surface area contributed by atoms with Crippen LogP contribution in [0.25, 0.3) is 33.7 Å². The van der Waals surface area contributed by atoms with Crippen molar-refractivity contribution in [1.82, 2.24) is 15.0 Å². The molecule has 0 radical (unpaired) electrons. The number of ether oxygens (including phenoxy) is 1. The number of nitrogens with zero attached hydrogens (tertiary/aromatic N) is 2. The van der Waals surface area contributed by atoms with E-state index in [0.29, 0.717) is 22.1 Å². The number of carbonyl (C=O) groups excluding carboxylic acids is 1. The standard InChI is InChI=1S/C21H16ClN3O2/c1-12-15(21(26)27-2)11-16(19(23-12)13-7-9-14(22)10-8-13)20-24-17-5-3-4-6-18(17)25-20/h3-11H,1-2H3,(H,24,25). The molecule has 0 aliphatic heterocycles. The van der Waals surface area contributed by atoms with Gasteiger partial charge >= 0.3 is 5.97 Å². The summed E-state index contributed by atoms with van der Waals surface area (Å²) in [5.74, 6) is 0.207. The Labute approximate surface area is 161 Å². The van der Waals surface area contributed by atoms with E-state index in [4.69, 9.17) is 16.3 Å². The number of nitrogens with one attached hydrogen (secondary N) is 1. The third-order valence-corrected chi connectivity index (χ3v) is 4.63. The van der Waals surface area contributed by atoms with Crippen molar-refractivity contribution in [3.63, 3.8) is 0 Å². The second-order valence-electron chi connectivity index (χ2n) is 6.12. The van der Waals surface area contributed by atoms with Crippen LogP contribution in [0.4, 0.5) is 0 Å². The molecule has 4 rings (SSSR count). The number of imidazole rings is 1. The van der Waals surface area contributed by atoms with Crippen LogP contribution in [0.5, 0.6) is 0 Å². The third-order valence-electron chi connectivity index (χ3n) is 4.38. The van der Waals surface area contributed by atoms with Crippen LogP contribution >= 0.6 is 11.6 Å². The van der Waals surface area contributed by atoms with Crippen LogP contribution in [0.3, 0.4) is 0 Å². The molecular weight excluding hydrogens is 362 g/mol. The molecule has 0 fully saturated rings. The van der Waals surface area contributed by atoms with Gasteiger partial charge in [0.25, 0.3) is 0 Å². The lowest BCUT2D eigenvalue weighted by molar-refractivity contribution is 0.0599. The van der Waals surface area contributed by atoms with E-state index in [9.17, 15) is 4.79 Å². The SMILES string of the molecule is COC(=O)c1cc(-c2nc3ccccc3[nH]2)c(-c2ccc(Cl)cc2)nc1C. The van der Waals surface area contributed by atoms with Crippen molar-refractivity contribution < 1.29 is 9.53 Å². The summed E-state index contributed by atoms with van der Waals surface area (Å²) in [5.41, 5.74) is 5.08. The van der Waals surface area contributed by atoms with E-state index in [1.54, 1.807) is 13.0 Å². The van der Waals surface area contributed by atoms with E-state index in [0.717, 1.165) is 27.9 Å². The summed E-state index contributed by atoms with van der Waals surface area (Å²) >= 11 is 6.03. The molecule has 0 spiro atoms. The van der Waals surface area contributed by atoms with Crippen molar-refractivity contribution in [3.8, 4) is 22.6 Å². The molecule has 4 aromatic rings. The average molecular weight is 378 g/mol. The van der Waals surface area contributed by atoms with Crippen LogP contribution in [-0.4, -0.2) is 28.0 Å². The molecule has 0 aliphatic rings. The van der Waals surface area contributed by atoms with E-state index >= 15 is 0 Å². The first-order chi connectivity index (χ1) is 13.1. The molecule has 134 valence electrons. The number of halogens is 1. The van der Waals surface area contributed by atoms with Gasteiger partial charge in [-0.15, -0.1) is 0 Å². The Balaban J connectivity index is 1.98. The van der Waals surface area contributed by atoms with Crippen LogP contribution in [0, 0.1) is 6.92 Å². The number of methoxy groups -OCH3 is 1. The zero-order chi connectivity index (χ0) is 19.0. The number of fused-ring (bicyclic) bond motifs is 1. The Bertz CT molecular complexity index is 1120. The minimum Gasteiger partial charge on any atom is -0.465 e. The number of pyridine rings is 1. The molecule has 0 aliphatic carbocycles. The molecule has 2 aromatic carbocycles. The fraction of sp³-hybridized carbons (Fsp3) is 0.0952. The van der Waals surface area contributed by atoms with Gasteiger partial charge in [0, 0.05) is 16.1 Å². The van der Waals surface area contributed by atoms with Gasteiger partial charge in [-0.2, -0.15) is 0 Å². The maximum absolute atomic E-state index is 12.2. The highest BCUT2D eigenvalue weighted by atomic mass is 35.5. The monoisotopic (exact) mass is 377 g/mol. The van der Waals surface area contributed by atoms with Crippen LogP contribution in [-0.2, 0) is 4.74 Å². The topological polar surface area (TPSA) is 67.9 Å². The molecule has 6 heteroatoms. The summed E-state index contributed by atoms with van der Waals surface area (Å²) in [6, 6.07) is 16.9. The summed E-state index contributed by atoms with van der Waals surface area (Å²) in [4.78, 5) is 24.8. The highest BCUT2D eigenvalue weighted by Gasteiger charge is 2.19. The zero-order valence-electron chi connectivity index (χ0n) is 14.8. The number of aromatic amines is 1. The van der Waals surface area contributed by atoms with E-state index in [1.165, 1.54) is 7.11 Å². The number of hydrogen-bond acceptors (Lipinski definition) is 4. The van der Waals surface area contributed by atoms with Crippen LogP contribution in [0.2, 0.25) is 5.02 Å². The molecule has 0 bridgehead atoms. The predicted octanol–water partition coefficient (Wildman–Crippen LogP) is 5.04. The van der Waals surface area contributed by atoms with Gasteiger partial charge in [0.05, 0.1) is 35.1 Å². The fourth-order valence-corrected chi connectivity index (χ4v) is 3.14. The molecule has 27 heavy (non-hydrogen) atoms. The van der Waals surface area contributed by atoms with Crippen molar-refractivity contribution in [2.75, 3.05) is 7.11 Å². The third kappa shape index (κ3) is 3.17. The lowest BCUT2D eigenvalue weighted by Gasteiger charge is -2.12. The number of H-pyrrole nitrogens is 1. The van der Waals surface area contributed by atoms with E-state index < -0.39 is 5.97 Å². The second kappa shape index (κ2) is 6.85. The van der Waals surface area contributed by atoms with Crippen molar-refractivity contribution >= 4 is 28.6 Å². The lowest BCUT2D eigenvalue weighted by Crippen LogP contribution is -2.07. The summed E-state index contributed by atoms with van der Waals surface area (Å²) in [5, 5.41) is 0.645. The second-order valence-corrected chi connectivity index (χ2v) is 6.55. The highest BCUT2D eigenvalue weighted by molar-refractivity contribution is 6.30. The maximum Gasteiger partial charge on any atom is 0.339 e. The summed E-state index contributed by atoms with van der Waals surface area (Å²) in [7, 11) is 1.36. The Hall–Kier alpha value is -3.18. The summed E-state index contributed by atoms with van der Waals surface area (Å²) < 4.78 is 4.90. The zero-order valence-corrected chi connectivity index (χ0v) is 15.5. The molecule has 1 N–H and O–H groups in total. The maximum atomic E-state index is 12.2. The Morgan fingerprint density at radius 1 is 1.07 bits per heavy atom. The highest BCUT2D eigenvalue weighted by Crippen LogP contribution is 2.32. The van der Waals surface area contributed by atoms with Crippen molar-refractivity contribution in [3.05, 3.63) is 70.9 Å². The molecule has 5 nitrogen and oxygen atoms in total. The Kier molecular flexibility index (Phi) is 4.38. The van der Waals surface area contributed by atoms with E-state index in [2.05, 4.69) is 15.0 Å². The summed E-state index contributed by atoms with van der Waals surface area (Å²) in [6.45, 7) is 1.79. The van der Waals surface area contributed by atoms with Crippen molar-refractivity contribution in [1.29, 1.82) is 0 Å². The number of esters is 1. The van der Waals surface area contributed by atoms with Gasteiger partial charge in [-0.1, -0.05) is 35.9 Å². The van der Waals surface area contributed by atoms with Gasteiger partial charge in [0.1, 0.15) is 5.82 Å². The largest absolute Gasteiger partial charge is 0.465 e. The molecule has 2 aromatic heterocycles. The predicted molar refractivity (Wildman–Crippen MR) is 106 cm³/mol. The number of rotatable bonds is 3. The molecule has 0 unspecified atom stereocenters. The average Bonchev–Trinajstić information content (AvgIpc) is 3.11. The molecule has 0 atom stereocenters. The number of aromatic nitrogens is 3. The normalized spacial score (nSPS) is 10.9. The van der Waals surface area contributed by atoms with Crippen LogP contribution in [0.15, 0.2) is 54.6 Å². The Morgan fingerprint density at radius 2 is 1.81 bits per heavy atom. The van der Waals surface area contributed by atoms with Gasteiger partial charge in [-0.05, 0) is 37.3 Å². The first kappa shape index (κ1) is 17.2. The molecule has 2 heterocycles. The first-order valence-electron chi connectivity index (χ1n) is 8.38. The molecule has 0 saturated heterocycles. The van der Waals surface area contributed by atoms with E-state index in [-0.39, 0.29) is 0 Å². The van der Waals surface area contributed by atoms with Gasteiger partial charge < -0.3 is 9.72 Å². The molecular formula is C21H16ClN3O2. The smallest absolute Gasteiger partial charge is 0.339 e. The van der Waals surface area contributed by atoms with Gasteiger partial charge in [-0.3, -0.25) is 4.98 Å². The van der Waals surface area contributed by atoms with Crippen molar-refractivity contribution in [2.24, 2.45) is 0 Å². The van der Waals surface area contributed by atoms with Crippen LogP contribution < -0.4 is 0 Å². The Morgan fingerprint density at radius 3 is 2.52 bits per heavy atom. The minimum absolute atomic E-state index is 0.408. The van der Waals surface area contributed by atoms with Gasteiger partial charge in [-0.25, -0.2) is 9.78 Å².